The molecule has 1 aliphatic rings. The molecule has 140 valence electrons. The maximum Gasteiger partial charge on any atom is 0.253 e. The van der Waals surface area contributed by atoms with Crippen LogP contribution in [-0.4, -0.2) is 33.3 Å². The molecule has 1 fully saturated rings. The molecule has 3 aromatic rings. The SMILES string of the molecule is Cc1ccc2nc(COc3ccc(C(=O)N4CCC(C)CC4)cc3)cn2c1. The van der Waals surface area contributed by atoms with Gasteiger partial charge in [0.15, 0.2) is 0 Å². The number of nitrogens with zero attached hydrogens (tertiary/aromatic N) is 3. The third-order valence-corrected chi connectivity index (χ3v) is 5.21. The summed E-state index contributed by atoms with van der Waals surface area (Å²) in [5.74, 6) is 1.57. The molecule has 0 N–H and O–H groups in total. The van der Waals surface area contributed by atoms with Gasteiger partial charge in [0.2, 0.25) is 0 Å². The predicted octanol–water partition coefficient (Wildman–Crippen LogP) is 4.09. The quantitative estimate of drug-likeness (QED) is 0.701. The Morgan fingerprint density at radius 3 is 2.59 bits per heavy atom. The van der Waals surface area contributed by atoms with Crippen LogP contribution in [-0.2, 0) is 6.61 Å². The number of imidazole rings is 1. The number of fused-ring (bicyclic) bond motifs is 1. The Hall–Kier alpha value is -2.82. The van der Waals surface area contributed by atoms with Crippen molar-refractivity contribution in [3.63, 3.8) is 0 Å². The van der Waals surface area contributed by atoms with Gasteiger partial charge in [0.25, 0.3) is 5.91 Å². The summed E-state index contributed by atoms with van der Waals surface area (Å²) in [5.41, 5.74) is 3.70. The monoisotopic (exact) mass is 363 g/mol. The van der Waals surface area contributed by atoms with Crippen LogP contribution in [0.15, 0.2) is 48.8 Å². The standard InChI is InChI=1S/C22H25N3O2/c1-16-9-11-24(12-10-16)22(26)18-4-6-20(7-5-18)27-15-19-14-25-13-17(2)3-8-21(25)23-19/h3-8,13-14,16H,9-12,15H2,1-2H3. The second-order valence-electron chi connectivity index (χ2n) is 7.49. The first-order valence-corrected chi connectivity index (χ1v) is 9.55. The largest absolute Gasteiger partial charge is 0.487 e. The number of hydrogen-bond acceptors (Lipinski definition) is 3. The average molecular weight is 363 g/mol. The number of carbonyl (C=O) groups is 1. The Kier molecular flexibility index (Phi) is 4.84. The van der Waals surface area contributed by atoms with Crippen LogP contribution in [0.4, 0.5) is 0 Å². The number of hydrogen-bond donors (Lipinski definition) is 0. The molecular formula is C22H25N3O2. The first-order chi connectivity index (χ1) is 13.1. The first-order valence-electron chi connectivity index (χ1n) is 9.55. The van der Waals surface area contributed by atoms with Crippen LogP contribution < -0.4 is 4.74 Å². The number of rotatable bonds is 4. The fourth-order valence-electron chi connectivity index (χ4n) is 3.47. The van der Waals surface area contributed by atoms with E-state index in [-0.39, 0.29) is 5.91 Å². The number of carbonyl (C=O) groups excluding carboxylic acids is 1. The van der Waals surface area contributed by atoms with E-state index in [0.29, 0.717) is 12.5 Å². The number of benzene rings is 1. The molecule has 1 saturated heterocycles. The zero-order chi connectivity index (χ0) is 18.8. The molecule has 3 heterocycles. The lowest BCUT2D eigenvalue weighted by Gasteiger charge is -2.30. The van der Waals surface area contributed by atoms with Crippen molar-refractivity contribution in [2.75, 3.05) is 13.1 Å². The summed E-state index contributed by atoms with van der Waals surface area (Å²) in [6, 6.07) is 11.5. The maximum atomic E-state index is 12.6. The Morgan fingerprint density at radius 2 is 1.85 bits per heavy atom. The van der Waals surface area contributed by atoms with Crippen molar-refractivity contribution in [1.29, 1.82) is 0 Å². The fourth-order valence-corrected chi connectivity index (χ4v) is 3.47. The zero-order valence-electron chi connectivity index (χ0n) is 15.9. The molecule has 1 amide bonds. The fraction of sp³-hybridized carbons (Fsp3) is 0.364. The van der Waals surface area contributed by atoms with Crippen LogP contribution in [0.3, 0.4) is 0 Å². The van der Waals surface area contributed by atoms with Gasteiger partial charge in [-0.15, -0.1) is 0 Å². The minimum absolute atomic E-state index is 0.115. The number of pyridine rings is 1. The topological polar surface area (TPSA) is 46.8 Å². The van der Waals surface area contributed by atoms with E-state index in [4.69, 9.17) is 4.74 Å². The van der Waals surface area contributed by atoms with Gasteiger partial charge in [0.05, 0.1) is 5.69 Å². The van der Waals surface area contributed by atoms with Crippen LogP contribution in [0.2, 0.25) is 0 Å². The smallest absolute Gasteiger partial charge is 0.253 e. The average Bonchev–Trinajstić information content (AvgIpc) is 3.09. The summed E-state index contributed by atoms with van der Waals surface area (Å²) < 4.78 is 7.85. The molecule has 0 spiro atoms. The molecule has 4 rings (SSSR count). The molecule has 0 bridgehead atoms. The number of amides is 1. The minimum atomic E-state index is 0.115. The number of aromatic nitrogens is 2. The molecule has 0 saturated carbocycles. The van der Waals surface area contributed by atoms with Crippen LogP contribution in [0.5, 0.6) is 5.75 Å². The Morgan fingerprint density at radius 1 is 1.11 bits per heavy atom. The minimum Gasteiger partial charge on any atom is -0.487 e. The first kappa shape index (κ1) is 17.6. The summed E-state index contributed by atoms with van der Waals surface area (Å²) in [5, 5.41) is 0. The van der Waals surface area contributed by atoms with Gasteiger partial charge in [0.1, 0.15) is 18.0 Å². The van der Waals surface area contributed by atoms with Crippen molar-refractivity contribution < 1.29 is 9.53 Å². The highest BCUT2D eigenvalue weighted by Crippen LogP contribution is 2.20. The highest BCUT2D eigenvalue weighted by molar-refractivity contribution is 5.94. The molecule has 0 unspecified atom stereocenters. The van der Waals surface area contributed by atoms with Gasteiger partial charge in [-0.2, -0.15) is 0 Å². The van der Waals surface area contributed by atoms with Crippen LogP contribution in [0, 0.1) is 12.8 Å². The molecule has 0 radical (unpaired) electrons. The molecule has 0 aliphatic carbocycles. The van der Waals surface area contributed by atoms with E-state index in [9.17, 15) is 4.79 Å². The van der Waals surface area contributed by atoms with Crippen molar-refractivity contribution in [2.24, 2.45) is 5.92 Å². The molecule has 5 heteroatoms. The van der Waals surface area contributed by atoms with E-state index >= 15 is 0 Å². The Bertz CT molecular complexity index is 938. The molecule has 0 atom stereocenters. The predicted molar refractivity (Wildman–Crippen MR) is 105 cm³/mol. The number of likely N-dealkylation sites (tertiary alicyclic amines) is 1. The lowest BCUT2D eigenvalue weighted by atomic mass is 9.98. The summed E-state index contributed by atoms with van der Waals surface area (Å²) in [6.07, 6.45) is 6.21. The van der Waals surface area contributed by atoms with Gasteiger partial charge in [-0.1, -0.05) is 13.0 Å². The second kappa shape index (κ2) is 7.43. The van der Waals surface area contributed by atoms with E-state index in [2.05, 4.69) is 18.8 Å². The van der Waals surface area contributed by atoms with E-state index in [1.807, 2.05) is 58.1 Å². The van der Waals surface area contributed by atoms with Crippen LogP contribution in [0.25, 0.3) is 5.65 Å². The third-order valence-electron chi connectivity index (χ3n) is 5.21. The molecular weight excluding hydrogens is 338 g/mol. The van der Waals surface area contributed by atoms with E-state index in [0.717, 1.165) is 48.6 Å². The highest BCUT2D eigenvalue weighted by Gasteiger charge is 2.21. The third kappa shape index (κ3) is 3.97. The molecule has 1 aliphatic heterocycles. The summed E-state index contributed by atoms with van der Waals surface area (Å²) >= 11 is 0. The van der Waals surface area contributed by atoms with Crippen molar-refractivity contribution in [2.45, 2.75) is 33.3 Å². The highest BCUT2D eigenvalue weighted by atomic mass is 16.5. The van der Waals surface area contributed by atoms with Gasteiger partial charge in [-0.3, -0.25) is 4.79 Å². The van der Waals surface area contributed by atoms with Gasteiger partial charge >= 0.3 is 0 Å². The molecule has 2 aromatic heterocycles. The second-order valence-corrected chi connectivity index (χ2v) is 7.49. The van der Waals surface area contributed by atoms with E-state index in [1.54, 1.807) is 0 Å². The van der Waals surface area contributed by atoms with Crippen LogP contribution >= 0.6 is 0 Å². The maximum absolute atomic E-state index is 12.6. The normalized spacial score (nSPS) is 15.3. The van der Waals surface area contributed by atoms with Gasteiger partial charge in [-0.05, 0) is 61.6 Å². The lowest BCUT2D eigenvalue weighted by molar-refractivity contribution is 0.0697. The molecule has 27 heavy (non-hydrogen) atoms. The molecule has 5 nitrogen and oxygen atoms in total. The van der Waals surface area contributed by atoms with Gasteiger partial charge in [-0.25, -0.2) is 4.98 Å². The van der Waals surface area contributed by atoms with Crippen molar-refractivity contribution in [3.05, 3.63) is 65.6 Å². The van der Waals surface area contributed by atoms with Crippen LogP contribution in [0.1, 0.15) is 41.4 Å². The zero-order valence-corrected chi connectivity index (χ0v) is 15.9. The van der Waals surface area contributed by atoms with E-state index < -0.39 is 0 Å². The van der Waals surface area contributed by atoms with Gasteiger partial charge in [0, 0.05) is 31.0 Å². The summed E-state index contributed by atoms with van der Waals surface area (Å²) in [7, 11) is 0. The van der Waals surface area contributed by atoms with E-state index in [1.165, 1.54) is 5.56 Å². The Balaban J connectivity index is 1.37. The molecule has 1 aromatic carbocycles. The Labute approximate surface area is 159 Å². The van der Waals surface area contributed by atoms with Crippen molar-refractivity contribution in [1.82, 2.24) is 14.3 Å². The summed E-state index contributed by atoms with van der Waals surface area (Å²) in [4.78, 5) is 19.1. The van der Waals surface area contributed by atoms with Crippen molar-refractivity contribution >= 4 is 11.6 Å². The van der Waals surface area contributed by atoms with Crippen molar-refractivity contribution in [3.8, 4) is 5.75 Å². The number of ether oxygens (including phenoxy) is 1. The summed E-state index contributed by atoms with van der Waals surface area (Å²) in [6.45, 7) is 6.41. The lowest BCUT2D eigenvalue weighted by Crippen LogP contribution is -2.37. The number of aryl methyl sites for hydroxylation is 1. The van der Waals surface area contributed by atoms with Gasteiger partial charge < -0.3 is 14.0 Å². The number of piperidine rings is 1.